The molecular formula is C11H17N5O. The second-order valence-electron chi connectivity index (χ2n) is 4.42. The molecule has 0 spiro atoms. The quantitative estimate of drug-likeness (QED) is 0.349. The van der Waals surface area contributed by atoms with E-state index in [1.165, 1.54) is 25.6 Å². The van der Waals surface area contributed by atoms with Crippen molar-refractivity contribution < 1.29 is 5.21 Å². The predicted molar refractivity (Wildman–Crippen MR) is 65.2 cm³/mol. The van der Waals surface area contributed by atoms with Crippen LogP contribution in [0.4, 0.5) is 5.82 Å². The summed E-state index contributed by atoms with van der Waals surface area (Å²) in [7, 11) is 1.97. The van der Waals surface area contributed by atoms with Gasteiger partial charge < -0.3 is 15.8 Å². The number of oxime groups is 1. The molecule has 6 nitrogen and oxygen atoms in total. The fourth-order valence-corrected chi connectivity index (χ4v) is 2.01. The SMILES string of the molecule is CN(CC1CCC1)c1ncncc1C(N)=NO. The minimum absolute atomic E-state index is 0.0426. The number of anilines is 1. The molecule has 0 aliphatic heterocycles. The summed E-state index contributed by atoms with van der Waals surface area (Å²) < 4.78 is 0. The van der Waals surface area contributed by atoms with E-state index in [0.29, 0.717) is 11.4 Å². The Morgan fingerprint density at radius 2 is 2.41 bits per heavy atom. The topological polar surface area (TPSA) is 87.6 Å². The van der Waals surface area contributed by atoms with E-state index in [-0.39, 0.29) is 5.84 Å². The van der Waals surface area contributed by atoms with Crippen molar-refractivity contribution in [3.05, 3.63) is 18.1 Å². The first-order chi connectivity index (χ1) is 8.22. The molecule has 92 valence electrons. The highest BCUT2D eigenvalue weighted by Gasteiger charge is 2.21. The van der Waals surface area contributed by atoms with Crippen LogP contribution in [0.2, 0.25) is 0 Å². The van der Waals surface area contributed by atoms with Crippen molar-refractivity contribution >= 4 is 11.7 Å². The average Bonchev–Trinajstić information content (AvgIpc) is 2.32. The van der Waals surface area contributed by atoms with E-state index in [4.69, 9.17) is 10.9 Å². The van der Waals surface area contributed by atoms with Gasteiger partial charge in [0.05, 0.1) is 5.56 Å². The summed E-state index contributed by atoms with van der Waals surface area (Å²) in [5.74, 6) is 1.48. The van der Waals surface area contributed by atoms with Gasteiger partial charge in [0.1, 0.15) is 12.1 Å². The Labute approximate surface area is 100 Å². The van der Waals surface area contributed by atoms with Crippen LogP contribution >= 0.6 is 0 Å². The lowest BCUT2D eigenvalue weighted by molar-refractivity contribution is 0.318. The molecule has 0 aromatic carbocycles. The van der Waals surface area contributed by atoms with Crippen molar-refractivity contribution in [2.75, 3.05) is 18.5 Å². The Morgan fingerprint density at radius 3 is 3.00 bits per heavy atom. The van der Waals surface area contributed by atoms with E-state index in [9.17, 15) is 0 Å². The average molecular weight is 235 g/mol. The third kappa shape index (κ3) is 2.46. The van der Waals surface area contributed by atoms with Crippen LogP contribution in [0, 0.1) is 5.92 Å². The van der Waals surface area contributed by atoms with Gasteiger partial charge in [-0.3, -0.25) is 0 Å². The van der Waals surface area contributed by atoms with Crippen molar-refractivity contribution in [2.45, 2.75) is 19.3 Å². The van der Waals surface area contributed by atoms with Gasteiger partial charge in [-0.05, 0) is 18.8 Å². The maximum absolute atomic E-state index is 8.72. The minimum atomic E-state index is 0.0426. The smallest absolute Gasteiger partial charge is 0.175 e. The number of hydrogen-bond acceptors (Lipinski definition) is 5. The molecule has 0 saturated heterocycles. The normalized spacial score (nSPS) is 16.6. The van der Waals surface area contributed by atoms with E-state index < -0.39 is 0 Å². The highest BCUT2D eigenvalue weighted by atomic mass is 16.4. The van der Waals surface area contributed by atoms with Gasteiger partial charge in [0.15, 0.2) is 5.84 Å². The third-order valence-corrected chi connectivity index (χ3v) is 3.19. The highest BCUT2D eigenvalue weighted by molar-refractivity contribution is 6.01. The zero-order valence-corrected chi connectivity index (χ0v) is 9.87. The third-order valence-electron chi connectivity index (χ3n) is 3.19. The van der Waals surface area contributed by atoms with Gasteiger partial charge in [-0.25, -0.2) is 9.97 Å². The van der Waals surface area contributed by atoms with Crippen molar-refractivity contribution in [2.24, 2.45) is 16.8 Å². The molecule has 1 aromatic rings. The van der Waals surface area contributed by atoms with Gasteiger partial charge in [0, 0.05) is 19.8 Å². The number of aromatic nitrogens is 2. The fourth-order valence-electron chi connectivity index (χ4n) is 2.01. The van der Waals surface area contributed by atoms with E-state index in [0.717, 1.165) is 12.5 Å². The van der Waals surface area contributed by atoms with Crippen LogP contribution in [0.15, 0.2) is 17.7 Å². The molecule has 0 radical (unpaired) electrons. The molecule has 17 heavy (non-hydrogen) atoms. The Bertz CT molecular complexity index is 416. The molecule has 0 bridgehead atoms. The Balaban J connectivity index is 2.18. The molecular weight excluding hydrogens is 218 g/mol. The monoisotopic (exact) mass is 235 g/mol. The van der Waals surface area contributed by atoms with Crippen molar-refractivity contribution in [1.82, 2.24) is 9.97 Å². The van der Waals surface area contributed by atoms with E-state index in [1.807, 2.05) is 11.9 Å². The molecule has 0 atom stereocenters. The molecule has 1 heterocycles. The van der Waals surface area contributed by atoms with Gasteiger partial charge in [0.25, 0.3) is 0 Å². The number of rotatable bonds is 4. The van der Waals surface area contributed by atoms with E-state index in [2.05, 4.69) is 15.1 Å². The molecule has 1 fully saturated rings. The van der Waals surface area contributed by atoms with E-state index in [1.54, 1.807) is 6.20 Å². The summed E-state index contributed by atoms with van der Waals surface area (Å²) in [5.41, 5.74) is 6.17. The first kappa shape index (κ1) is 11.6. The first-order valence-corrected chi connectivity index (χ1v) is 5.71. The molecule has 0 amide bonds. The first-order valence-electron chi connectivity index (χ1n) is 5.71. The second kappa shape index (κ2) is 4.99. The maximum Gasteiger partial charge on any atom is 0.175 e. The Morgan fingerprint density at radius 1 is 1.65 bits per heavy atom. The standard InChI is InChI=1S/C11H17N5O/c1-16(6-8-3-2-4-8)11-9(10(12)15-17)5-13-7-14-11/h5,7-8,17H,2-4,6H2,1H3,(H2,12,15). The minimum Gasteiger partial charge on any atom is -0.409 e. The summed E-state index contributed by atoms with van der Waals surface area (Å²) >= 11 is 0. The summed E-state index contributed by atoms with van der Waals surface area (Å²) in [6.07, 6.45) is 6.90. The summed E-state index contributed by atoms with van der Waals surface area (Å²) in [6, 6.07) is 0. The number of nitrogens with two attached hydrogens (primary N) is 1. The van der Waals surface area contributed by atoms with Crippen LogP contribution in [0.1, 0.15) is 24.8 Å². The van der Waals surface area contributed by atoms with Crippen LogP contribution in [-0.4, -0.2) is 34.6 Å². The molecule has 2 rings (SSSR count). The van der Waals surface area contributed by atoms with Gasteiger partial charge in [-0.1, -0.05) is 11.6 Å². The van der Waals surface area contributed by atoms with Gasteiger partial charge >= 0.3 is 0 Å². The summed E-state index contributed by atoms with van der Waals surface area (Å²) in [6.45, 7) is 0.947. The van der Waals surface area contributed by atoms with Crippen LogP contribution in [0.5, 0.6) is 0 Å². The van der Waals surface area contributed by atoms with E-state index >= 15 is 0 Å². The van der Waals surface area contributed by atoms with Gasteiger partial charge in [-0.2, -0.15) is 0 Å². The molecule has 1 aliphatic rings. The van der Waals surface area contributed by atoms with Crippen molar-refractivity contribution in [3.8, 4) is 0 Å². The lowest BCUT2D eigenvalue weighted by atomic mass is 9.85. The fraction of sp³-hybridized carbons (Fsp3) is 0.545. The molecule has 0 unspecified atom stereocenters. The Hall–Kier alpha value is -1.85. The van der Waals surface area contributed by atoms with Gasteiger partial charge in [-0.15, -0.1) is 0 Å². The second-order valence-corrected chi connectivity index (χ2v) is 4.42. The van der Waals surface area contributed by atoms with Crippen LogP contribution in [0.3, 0.4) is 0 Å². The van der Waals surface area contributed by atoms with Crippen molar-refractivity contribution in [1.29, 1.82) is 0 Å². The lowest BCUT2D eigenvalue weighted by Gasteiger charge is -2.31. The van der Waals surface area contributed by atoms with Crippen molar-refractivity contribution in [3.63, 3.8) is 0 Å². The lowest BCUT2D eigenvalue weighted by Crippen LogP contribution is -2.31. The number of hydrogen-bond donors (Lipinski definition) is 2. The highest BCUT2D eigenvalue weighted by Crippen LogP contribution is 2.28. The molecule has 6 heteroatoms. The molecule has 1 aliphatic carbocycles. The largest absolute Gasteiger partial charge is 0.409 e. The Kier molecular flexibility index (Phi) is 3.41. The zero-order chi connectivity index (χ0) is 12.3. The molecule has 3 N–H and O–H groups in total. The summed E-state index contributed by atoms with van der Waals surface area (Å²) in [4.78, 5) is 10.1. The van der Waals surface area contributed by atoms with Gasteiger partial charge in [0.2, 0.25) is 0 Å². The number of nitrogens with zero attached hydrogens (tertiary/aromatic N) is 4. The summed E-state index contributed by atoms with van der Waals surface area (Å²) in [5, 5.41) is 11.7. The number of amidine groups is 1. The zero-order valence-electron chi connectivity index (χ0n) is 9.87. The predicted octanol–water partition coefficient (Wildman–Crippen LogP) is 0.807. The van der Waals surface area contributed by atoms with Crippen LogP contribution in [0.25, 0.3) is 0 Å². The van der Waals surface area contributed by atoms with Crippen LogP contribution in [-0.2, 0) is 0 Å². The molecule has 1 saturated carbocycles. The molecule has 1 aromatic heterocycles. The van der Waals surface area contributed by atoms with Crippen LogP contribution < -0.4 is 10.6 Å². The maximum atomic E-state index is 8.72.